The number of carbonyl (C=O) groups is 2. The van der Waals surface area contributed by atoms with Gasteiger partial charge >= 0.3 is 0 Å². The second-order valence-electron chi connectivity index (χ2n) is 5.89. The molecule has 1 aromatic heterocycles. The van der Waals surface area contributed by atoms with Crippen LogP contribution in [0.15, 0.2) is 16.8 Å². The Balaban J connectivity index is 2.42. The summed E-state index contributed by atoms with van der Waals surface area (Å²) in [6, 6.07) is 2.01. The number of thiophene rings is 1. The van der Waals surface area contributed by atoms with Gasteiger partial charge in [-0.25, -0.2) is 0 Å². The van der Waals surface area contributed by atoms with Crippen LogP contribution in [-0.4, -0.2) is 27.8 Å². The molecule has 2 rings (SSSR count). The molecule has 1 fully saturated rings. The summed E-state index contributed by atoms with van der Waals surface area (Å²) in [5.41, 5.74) is -0.432. The first-order valence-electron chi connectivity index (χ1n) is 7.59. The van der Waals surface area contributed by atoms with Crippen molar-refractivity contribution in [3.63, 3.8) is 0 Å². The van der Waals surface area contributed by atoms with Gasteiger partial charge in [-0.15, -0.1) is 0 Å². The molecule has 1 atom stereocenters. The van der Waals surface area contributed by atoms with Crippen LogP contribution >= 0.6 is 11.3 Å². The molecule has 0 spiro atoms. The maximum Gasteiger partial charge on any atom is 0.249 e. The number of hydrogen-bond acceptors (Lipinski definition) is 3. The van der Waals surface area contributed by atoms with Crippen molar-refractivity contribution in [2.45, 2.75) is 64.6 Å². The van der Waals surface area contributed by atoms with Crippen molar-refractivity contribution in [1.29, 1.82) is 0 Å². The molecule has 0 radical (unpaired) electrons. The average Bonchev–Trinajstić information content (AvgIpc) is 3.00. The number of carbonyl (C=O) groups excluding carboxylic acids is 2. The molecule has 1 aliphatic rings. The maximum absolute atomic E-state index is 13.1. The van der Waals surface area contributed by atoms with E-state index in [0.717, 1.165) is 5.56 Å². The van der Waals surface area contributed by atoms with E-state index in [-0.39, 0.29) is 11.8 Å². The standard InChI is InChI=1S/C16H24N2O2S/c1-5-15(4)13(19)17-16(6-2,7-3)14(20)18(15)10-12-8-9-21-11-12/h8-9,11H,5-7,10H2,1-4H3,(H,17,19). The lowest BCUT2D eigenvalue weighted by atomic mass is 9.81. The second kappa shape index (κ2) is 5.79. The summed E-state index contributed by atoms with van der Waals surface area (Å²) in [5, 5.41) is 7.04. The molecule has 2 amide bonds. The summed E-state index contributed by atoms with van der Waals surface area (Å²) >= 11 is 1.61. The van der Waals surface area contributed by atoms with Gasteiger partial charge in [-0.05, 0) is 48.6 Å². The molecule has 1 N–H and O–H groups in total. The highest BCUT2D eigenvalue weighted by atomic mass is 32.1. The molecule has 1 saturated heterocycles. The minimum atomic E-state index is -0.771. The summed E-state index contributed by atoms with van der Waals surface area (Å²) in [4.78, 5) is 27.5. The van der Waals surface area contributed by atoms with E-state index >= 15 is 0 Å². The highest BCUT2D eigenvalue weighted by Crippen LogP contribution is 2.34. The molecule has 21 heavy (non-hydrogen) atoms. The first-order valence-corrected chi connectivity index (χ1v) is 8.53. The summed E-state index contributed by atoms with van der Waals surface area (Å²) in [6.45, 7) is 8.24. The molecule has 0 aromatic carbocycles. The second-order valence-corrected chi connectivity index (χ2v) is 6.67. The number of nitrogens with one attached hydrogen (secondary N) is 1. The predicted molar refractivity (Wildman–Crippen MR) is 85.0 cm³/mol. The van der Waals surface area contributed by atoms with E-state index in [9.17, 15) is 9.59 Å². The van der Waals surface area contributed by atoms with Gasteiger partial charge in [0.25, 0.3) is 0 Å². The third kappa shape index (κ3) is 2.48. The Bertz CT molecular complexity index is 522. The highest BCUT2D eigenvalue weighted by molar-refractivity contribution is 7.07. The molecule has 5 heteroatoms. The molecule has 0 bridgehead atoms. The predicted octanol–water partition coefficient (Wildman–Crippen LogP) is 2.93. The smallest absolute Gasteiger partial charge is 0.249 e. The van der Waals surface area contributed by atoms with Crippen LogP contribution in [0.2, 0.25) is 0 Å². The van der Waals surface area contributed by atoms with Crippen molar-refractivity contribution in [3.05, 3.63) is 22.4 Å². The van der Waals surface area contributed by atoms with E-state index in [1.54, 1.807) is 16.2 Å². The van der Waals surface area contributed by atoms with Crippen LogP contribution in [-0.2, 0) is 16.1 Å². The highest BCUT2D eigenvalue weighted by Gasteiger charge is 2.54. The largest absolute Gasteiger partial charge is 0.340 e. The van der Waals surface area contributed by atoms with Gasteiger partial charge in [-0.1, -0.05) is 20.8 Å². The average molecular weight is 308 g/mol. The van der Waals surface area contributed by atoms with Gasteiger partial charge in [0, 0.05) is 6.54 Å². The van der Waals surface area contributed by atoms with Gasteiger partial charge in [0.2, 0.25) is 11.8 Å². The molecule has 4 nitrogen and oxygen atoms in total. The lowest BCUT2D eigenvalue weighted by molar-refractivity contribution is -0.164. The lowest BCUT2D eigenvalue weighted by Crippen LogP contribution is -2.74. The van der Waals surface area contributed by atoms with Gasteiger partial charge in [-0.3, -0.25) is 9.59 Å². The van der Waals surface area contributed by atoms with Gasteiger partial charge < -0.3 is 10.2 Å². The molecule has 0 aliphatic carbocycles. The fourth-order valence-electron chi connectivity index (χ4n) is 2.90. The topological polar surface area (TPSA) is 49.4 Å². The third-order valence-corrected chi connectivity index (χ3v) is 5.64. The van der Waals surface area contributed by atoms with E-state index < -0.39 is 11.1 Å². The summed E-state index contributed by atoms with van der Waals surface area (Å²) in [5.74, 6) is 0.00572. The Morgan fingerprint density at radius 3 is 2.33 bits per heavy atom. The monoisotopic (exact) mass is 308 g/mol. The first kappa shape index (κ1) is 16.0. The fourth-order valence-corrected chi connectivity index (χ4v) is 3.56. The zero-order valence-electron chi connectivity index (χ0n) is 13.2. The molecule has 1 unspecified atom stereocenters. The minimum absolute atomic E-state index is 0.0384. The van der Waals surface area contributed by atoms with Crippen molar-refractivity contribution in [2.75, 3.05) is 0 Å². The summed E-state index contributed by atoms with van der Waals surface area (Å²) in [7, 11) is 0. The Hall–Kier alpha value is -1.36. The molecule has 116 valence electrons. The van der Waals surface area contributed by atoms with Crippen LogP contribution < -0.4 is 5.32 Å². The fraction of sp³-hybridized carbons (Fsp3) is 0.625. The summed E-state index contributed by atoms with van der Waals surface area (Å²) in [6.07, 6.45) is 1.85. The molecule has 1 aromatic rings. The Morgan fingerprint density at radius 1 is 1.19 bits per heavy atom. The molecular formula is C16H24N2O2S. The summed E-state index contributed by atoms with van der Waals surface area (Å²) < 4.78 is 0. The Labute approximate surface area is 130 Å². The Morgan fingerprint density at radius 2 is 1.86 bits per heavy atom. The normalized spacial score (nSPS) is 25.0. The maximum atomic E-state index is 13.1. The van der Waals surface area contributed by atoms with E-state index in [2.05, 4.69) is 5.32 Å². The number of piperazine rings is 1. The van der Waals surface area contributed by atoms with Crippen molar-refractivity contribution < 1.29 is 9.59 Å². The van der Waals surface area contributed by atoms with Gasteiger partial charge in [0.1, 0.15) is 11.1 Å². The first-order chi connectivity index (χ1) is 9.93. The number of hydrogen-bond donors (Lipinski definition) is 1. The van der Waals surface area contributed by atoms with Crippen LogP contribution in [0.25, 0.3) is 0 Å². The van der Waals surface area contributed by atoms with Crippen molar-refractivity contribution in [2.24, 2.45) is 0 Å². The molecular weight excluding hydrogens is 284 g/mol. The van der Waals surface area contributed by atoms with E-state index in [1.807, 2.05) is 44.5 Å². The van der Waals surface area contributed by atoms with E-state index in [1.165, 1.54) is 0 Å². The van der Waals surface area contributed by atoms with Gasteiger partial charge in [0.05, 0.1) is 0 Å². The quantitative estimate of drug-likeness (QED) is 0.909. The van der Waals surface area contributed by atoms with Crippen molar-refractivity contribution in [1.82, 2.24) is 10.2 Å². The lowest BCUT2D eigenvalue weighted by Gasteiger charge is -2.50. The molecule has 0 saturated carbocycles. The number of amides is 2. The zero-order valence-corrected chi connectivity index (χ0v) is 14.0. The van der Waals surface area contributed by atoms with Crippen LogP contribution in [0.1, 0.15) is 52.5 Å². The molecule has 1 aliphatic heterocycles. The number of rotatable bonds is 5. The van der Waals surface area contributed by atoms with Crippen LogP contribution in [0.5, 0.6) is 0 Å². The van der Waals surface area contributed by atoms with Gasteiger partial charge in [-0.2, -0.15) is 11.3 Å². The van der Waals surface area contributed by atoms with E-state index in [4.69, 9.17) is 0 Å². The minimum Gasteiger partial charge on any atom is -0.340 e. The van der Waals surface area contributed by atoms with Crippen LogP contribution in [0.3, 0.4) is 0 Å². The molecule has 2 heterocycles. The van der Waals surface area contributed by atoms with Gasteiger partial charge in [0.15, 0.2) is 0 Å². The number of nitrogens with zero attached hydrogens (tertiary/aromatic N) is 1. The van der Waals surface area contributed by atoms with Crippen molar-refractivity contribution >= 4 is 23.2 Å². The Kier molecular flexibility index (Phi) is 4.42. The SMILES string of the molecule is CCC1(CC)NC(=O)C(C)(CC)N(Cc2ccsc2)C1=O. The van der Waals surface area contributed by atoms with Crippen LogP contribution in [0.4, 0.5) is 0 Å². The van der Waals surface area contributed by atoms with Crippen molar-refractivity contribution in [3.8, 4) is 0 Å². The van der Waals surface area contributed by atoms with Crippen LogP contribution in [0, 0.1) is 0 Å². The zero-order chi connectivity index (χ0) is 15.7. The third-order valence-electron chi connectivity index (χ3n) is 4.91. The van der Waals surface area contributed by atoms with E-state index in [0.29, 0.717) is 25.8 Å².